The van der Waals surface area contributed by atoms with Crippen molar-refractivity contribution in [2.45, 2.75) is 6.61 Å². The zero-order valence-corrected chi connectivity index (χ0v) is 20.4. The van der Waals surface area contributed by atoms with E-state index in [0.717, 1.165) is 27.1 Å². The molecule has 0 spiro atoms. The molecule has 0 aromatic heterocycles. The van der Waals surface area contributed by atoms with Crippen LogP contribution in [0.3, 0.4) is 0 Å². The van der Waals surface area contributed by atoms with E-state index in [1.165, 1.54) is 6.21 Å². The van der Waals surface area contributed by atoms with Gasteiger partial charge in [-0.25, -0.2) is 5.43 Å². The van der Waals surface area contributed by atoms with Gasteiger partial charge >= 0.3 is 0 Å². The number of hydrazone groups is 1. The van der Waals surface area contributed by atoms with Gasteiger partial charge in [0, 0.05) is 0 Å². The molecule has 0 unspecified atom stereocenters. The zero-order valence-electron chi connectivity index (χ0n) is 18.9. The van der Waals surface area contributed by atoms with Crippen LogP contribution < -0.4 is 10.2 Å². The van der Waals surface area contributed by atoms with Crippen LogP contribution in [0.25, 0.3) is 21.5 Å². The van der Waals surface area contributed by atoms with Crippen LogP contribution >= 0.6 is 23.2 Å². The fraction of sp³-hybridized carbons (Fsp3) is 0.0345. The summed E-state index contributed by atoms with van der Waals surface area (Å²) in [6, 6.07) is 28.0. The van der Waals surface area contributed by atoms with E-state index in [2.05, 4.69) is 10.5 Å². The quantitative estimate of drug-likeness (QED) is 0.184. The highest BCUT2D eigenvalue weighted by Crippen LogP contribution is 2.35. The summed E-state index contributed by atoms with van der Waals surface area (Å²) in [5.41, 5.74) is 4.14. The topological polar surface area (TPSA) is 70.9 Å². The largest absolute Gasteiger partial charge is 0.507 e. The summed E-state index contributed by atoms with van der Waals surface area (Å²) in [6.45, 7) is 0.305. The van der Waals surface area contributed by atoms with Gasteiger partial charge in [0.25, 0.3) is 5.91 Å². The average molecular weight is 515 g/mol. The SMILES string of the molecule is O=C(NN=Cc1cc(Cl)c(OCc2cccc3ccccc23)c(Cl)c1)c1cc2ccccc2cc1O. The highest BCUT2D eigenvalue weighted by molar-refractivity contribution is 6.37. The standard InChI is InChI=1S/C29H20Cl2N2O3/c30-25-12-18(16-32-33-29(35)24-14-20-7-1-2-8-21(20)15-27(24)34)13-26(31)28(25)36-17-22-10-5-9-19-6-3-4-11-23(19)22/h1-16,34H,17H2,(H,33,35). The third-order valence-electron chi connectivity index (χ3n) is 5.76. The number of aromatic hydroxyl groups is 1. The number of halogens is 2. The number of carbonyl (C=O) groups is 1. The van der Waals surface area contributed by atoms with E-state index < -0.39 is 5.91 Å². The summed E-state index contributed by atoms with van der Waals surface area (Å²) in [5.74, 6) is -0.296. The lowest BCUT2D eigenvalue weighted by Gasteiger charge is -2.12. The molecule has 0 aliphatic carbocycles. The van der Waals surface area contributed by atoms with Crippen LogP contribution in [0.15, 0.2) is 96.1 Å². The van der Waals surface area contributed by atoms with E-state index in [1.807, 2.05) is 66.7 Å². The number of phenolic OH excluding ortho intramolecular Hbond substituents is 1. The maximum absolute atomic E-state index is 12.5. The number of hydrogen-bond donors (Lipinski definition) is 2. The van der Waals surface area contributed by atoms with E-state index >= 15 is 0 Å². The maximum atomic E-state index is 12.5. The third kappa shape index (κ3) is 4.98. The van der Waals surface area contributed by atoms with Crippen molar-refractivity contribution in [2.75, 3.05) is 0 Å². The summed E-state index contributed by atoms with van der Waals surface area (Å²) in [7, 11) is 0. The molecule has 0 saturated carbocycles. The summed E-state index contributed by atoms with van der Waals surface area (Å²) >= 11 is 12.9. The van der Waals surface area contributed by atoms with Gasteiger partial charge in [0.15, 0.2) is 5.75 Å². The fourth-order valence-electron chi connectivity index (χ4n) is 4.00. The zero-order chi connectivity index (χ0) is 25.1. The molecule has 0 saturated heterocycles. The van der Waals surface area contributed by atoms with Crippen molar-refractivity contribution in [3.05, 3.63) is 118 Å². The number of amides is 1. The van der Waals surface area contributed by atoms with Gasteiger partial charge in [-0.3, -0.25) is 4.79 Å². The first kappa shape index (κ1) is 23.7. The second-order valence-electron chi connectivity index (χ2n) is 8.16. The van der Waals surface area contributed by atoms with Gasteiger partial charge in [0.2, 0.25) is 0 Å². The third-order valence-corrected chi connectivity index (χ3v) is 6.32. The number of benzene rings is 5. The van der Waals surface area contributed by atoms with Crippen LogP contribution in [0.4, 0.5) is 0 Å². The Bertz CT molecular complexity index is 1600. The van der Waals surface area contributed by atoms with Crippen LogP contribution in [0.2, 0.25) is 10.0 Å². The Hall–Kier alpha value is -4.06. The van der Waals surface area contributed by atoms with Crippen molar-refractivity contribution in [1.82, 2.24) is 5.43 Å². The molecule has 1 amide bonds. The second-order valence-corrected chi connectivity index (χ2v) is 8.97. The minimum absolute atomic E-state index is 0.124. The molecule has 5 rings (SSSR count). The second kappa shape index (κ2) is 10.3. The van der Waals surface area contributed by atoms with E-state index in [1.54, 1.807) is 24.3 Å². The van der Waals surface area contributed by atoms with Crippen LogP contribution in [0.1, 0.15) is 21.5 Å². The normalized spacial score (nSPS) is 11.3. The lowest BCUT2D eigenvalue weighted by atomic mass is 10.1. The summed E-state index contributed by atoms with van der Waals surface area (Å²) < 4.78 is 5.96. The monoisotopic (exact) mass is 514 g/mol. The number of nitrogens with one attached hydrogen (secondary N) is 1. The summed E-state index contributed by atoms with van der Waals surface area (Å²) in [5, 5.41) is 18.8. The maximum Gasteiger partial charge on any atom is 0.275 e. The molecule has 5 nitrogen and oxygen atoms in total. The predicted molar refractivity (Wildman–Crippen MR) is 145 cm³/mol. The van der Waals surface area contributed by atoms with Gasteiger partial charge in [0.1, 0.15) is 12.4 Å². The van der Waals surface area contributed by atoms with Gasteiger partial charge in [-0.2, -0.15) is 5.10 Å². The molecule has 0 radical (unpaired) electrons. The number of carbonyl (C=O) groups excluding carboxylic acids is 1. The number of phenols is 1. The number of fused-ring (bicyclic) bond motifs is 2. The van der Waals surface area contributed by atoms with Crippen molar-refractivity contribution in [2.24, 2.45) is 5.10 Å². The molecule has 0 atom stereocenters. The Morgan fingerprint density at radius 1 is 0.861 bits per heavy atom. The lowest BCUT2D eigenvalue weighted by Crippen LogP contribution is -2.17. The van der Waals surface area contributed by atoms with Crippen molar-refractivity contribution in [3.8, 4) is 11.5 Å². The van der Waals surface area contributed by atoms with E-state index in [-0.39, 0.29) is 11.3 Å². The number of nitrogens with zero attached hydrogens (tertiary/aromatic N) is 1. The number of rotatable bonds is 6. The molecule has 178 valence electrons. The van der Waals surface area contributed by atoms with Crippen molar-refractivity contribution < 1.29 is 14.6 Å². The van der Waals surface area contributed by atoms with Gasteiger partial charge in [-0.1, -0.05) is 89.9 Å². The minimum Gasteiger partial charge on any atom is -0.507 e. The van der Waals surface area contributed by atoms with Gasteiger partial charge in [-0.15, -0.1) is 0 Å². The Balaban J connectivity index is 1.28. The predicted octanol–water partition coefficient (Wildman–Crippen LogP) is 7.35. The highest BCUT2D eigenvalue weighted by atomic mass is 35.5. The molecule has 5 aromatic carbocycles. The van der Waals surface area contributed by atoms with Crippen molar-refractivity contribution in [1.29, 1.82) is 0 Å². The Morgan fingerprint density at radius 2 is 1.50 bits per heavy atom. The molecule has 0 aliphatic heterocycles. The molecule has 0 bridgehead atoms. The summed E-state index contributed by atoms with van der Waals surface area (Å²) in [4.78, 5) is 12.5. The first-order valence-electron chi connectivity index (χ1n) is 11.1. The molecule has 0 heterocycles. The van der Waals surface area contributed by atoms with Crippen LogP contribution in [-0.4, -0.2) is 17.2 Å². The Kier molecular flexibility index (Phi) is 6.76. The molecule has 7 heteroatoms. The molecular weight excluding hydrogens is 495 g/mol. The number of hydrogen-bond acceptors (Lipinski definition) is 4. The van der Waals surface area contributed by atoms with Crippen LogP contribution in [0.5, 0.6) is 11.5 Å². The first-order chi connectivity index (χ1) is 17.5. The van der Waals surface area contributed by atoms with Crippen LogP contribution in [-0.2, 0) is 6.61 Å². The van der Waals surface area contributed by atoms with E-state index in [9.17, 15) is 9.90 Å². The summed E-state index contributed by atoms with van der Waals surface area (Å²) in [6.07, 6.45) is 1.42. The van der Waals surface area contributed by atoms with Gasteiger partial charge < -0.3 is 9.84 Å². The van der Waals surface area contributed by atoms with Gasteiger partial charge in [-0.05, 0) is 56.9 Å². The molecule has 5 aromatic rings. The molecule has 0 fully saturated rings. The Labute approximate surface area is 217 Å². The Morgan fingerprint density at radius 3 is 2.25 bits per heavy atom. The van der Waals surface area contributed by atoms with E-state index in [0.29, 0.717) is 28.0 Å². The van der Waals surface area contributed by atoms with Gasteiger partial charge in [0.05, 0.1) is 21.8 Å². The molecular formula is C29H20Cl2N2O3. The van der Waals surface area contributed by atoms with Crippen molar-refractivity contribution >= 4 is 56.9 Å². The number of ether oxygens (including phenoxy) is 1. The molecule has 2 N–H and O–H groups in total. The fourth-order valence-corrected chi connectivity index (χ4v) is 4.61. The van der Waals surface area contributed by atoms with E-state index in [4.69, 9.17) is 27.9 Å². The van der Waals surface area contributed by atoms with Crippen molar-refractivity contribution in [3.63, 3.8) is 0 Å². The minimum atomic E-state index is -0.540. The molecule has 36 heavy (non-hydrogen) atoms. The van der Waals surface area contributed by atoms with Crippen LogP contribution in [0, 0.1) is 0 Å². The molecule has 0 aliphatic rings. The highest BCUT2D eigenvalue weighted by Gasteiger charge is 2.13. The smallest absolute Gasteiger partial charge is 0.275 e. The average Bonchev–Trinajstić information content (AvgIpc) is 2.88. The lowest BCUT2D eigenvalue weighted by molar-refractivity contribution is 0.0952. The first-order valence-corrected chi connectivity index (χ1v) is 11.9.